The van der Waals surface area contributed by atoms with E-state index in [1.165, 1.54) is 19.1 Å². The molecule has 0 spiro atoms. The highest BCUT2D eigenvalue weighted by Gasteiger charge is 2.24. The molecular formula is C15H20FN3O4S. The number of amides is 2. The van der Waals surface area contributed by atoms with Crippen LogP contribution in [0.15, 0.2) is 24.3 Å². The van der Waals surface area contributed by atoms with Crippen molar-refractivity contribution in [2.45, 2.75) is 6.92 Å². The lowest BCUT2D eigenvalue weighted by Crippen LogP contribution is -2.51. The molecule has 1 fully saturated rings. The molecule has 1 heterocycles. The molecule has 1 aromatic carbocycles. The van der Waals surface area contributed by atoms with Crippen molar-refractivity contribution in [3.63, 3.8) is 0 Å². The van der Waals surface area contributed by atoms with E-state index in [2.05, 4.69) is 5.32 Å². The van der Waals surface area contributed by atoms with Crippen molar-refractivity contribution >= 4 is 26.7 Å². The molecule has 1 aromatic rings. The Balaban J connectivity index is 1.82. The smallest absolute Gasteiger partial charge is 0.336 e. The number of halogens is 1. The Morgan fingerprint density at radius 3 is 2.25 bits per heavy atom. The van der Waals surface area contributed by atoms with Crippen molar-refractivity contribution in [1.29, 1.82) is 0 Å². The summed E-state index contributed by atoms with van der Waals surface area (Å²) in [6.07, 6.45) is 0. The number of carbonyl (C=O) groups excluding carboxylic acids is 2. The first kappa shape index (κ1) is 18.2. The molecule has 1 saturated heterocycles. The first-order valence-corrected chi connectivity index (χ1v) is 9.27. The second kappa shape index (κ2) is 7.61. The molecule has 2 amide bonds. The topological polar surface area (TPSA) is 86.8 Å². The summed E-state index contributed by atoms with van der Waals surface area (Å²) in [6.45, 7) is 3.09. The minimum absolute atomic E-state index is 0.301. The highest BCUT2D eigenvalue weighted by atomic mass is 32.2. The zero-order valence-electron chi connectivity index (χ0n) is 13.4. The van der Waals surface area contributed by atoms with E-state index in [1.807, 2.05) is 4.90 Å². The van der Waals surface area contributed by atoms with Gasteiger partial charge in [-0.15, -0.1) is 0 Å². The minimum atomic E-state index is -3.83. The molecule has 0 bridgehead atoms. The molecule has 7 nitrogen and oxygen atoms in total. The lowest BCUT2D eigenvalue weighted by molar-refractivity contribution is -0.130. The number of rotatable bonds is 4. The number of piperazine rings is 1. The predicted octanol–water partition coefficient (Wildman–Crippen LogP) is 0.619. The summed E-state index contributed by atoms with van der Waals surface area (Å²) in [6, 6.07) is 6.14. The maximum Gasteiger partial charge on any atom is 0.336 e. The summed E-state index contributed by atoms with van der Waals surface area (Å²) >= 11 is 0. The SMILES string of the molecule is CCS(=O)(=O)C(=O)NCC(=O)N1CCN(c2ccc(F)cc2)CC1. The van der Waals surface area contributed by atoms with Gasteiger partial charge in [-0.3, -0.25) is 9.59 Å². The van der Waals surface area contributed by atoms with E-state index in [9.17, 15) is 22.4 Å². The van der Waals surface area contributed by atoms with Crippen LogP contribution in [0.25, 0.3) is 0 Å². The number of nitrogens with one attached hydrogen (secondary N) is 1. The van der Waals surface area contributed by atoms with Crippen LogP contribution in [0.2, 0.25) is 0 Å². The molecule has 0 saturated carbocycles. The number of sulfone groups is 1. The monoisotopic (exact) mass is 357 g/mol. The van der Waals surface area contributed by atoms with Crippen molar-refractivity contribution in [2.24, 2.45) is 0 Å². The van der Waals surface area contributed by atoms with Gasteiger partial charge in [0.05, 0.1) is 12.3 Å². The molecule has 0 atom stereocenters. The van der Waals surface area contributed by atoms with Gasteiger partial charge in [0.2, 0.25) is 15.7 Å². The van der Waals surface area contributed by atoms with Crippen LogP contribution < -0.4 is 10.2 Å². The second-order valence-corrected chi connectivity index (χ2v) is 7.57. The highest BCUT2D eigenvalue weighted by molar-refractivity contribution is 8.05. The third-order valence-corrected chi connectivity index (χ3v) is 5.34. The maximum absolute atomic E-state index is 12.9. The van der Waals surface area contributed by atoms with Gasteiger partial charge >= 0.3 is 5.24 Å². The lowest BCUT2D eigenvalue weighted by atomic mass is 10.2. The van der Waals surface area contributed by atoms with Gasteiger partial charge in [0.25, 0.3) is 0 Å². The van der Waals surface area contributed by atoms with Gasteiger partial charge in [-0.25, -0.2) is 12.8 Å². The third kappa shape index (κ3) is 4.44. The van der Waals surface area contributed by atoms with Gasteiger partial charge in [0, 0.05) is 31.9 Å². The number of hydrogen-bond donors (Lipinski definition) is 1. The molecule has 24 heavy (non-hydrogen) atoms. The summed E-state index contributed by atoms with van der Waals surface area (Å²) in [7, 11) is -3.83. The van der Waals surface area contributed by atoms with Gasteiger partial charge in [-0.2, -0.15) is 0 Å². The minimum Gasteiger partial charge on any atom is -0.368 e. The fourth-order valence-corrected chi connectivity index (χ4v) is 2.92. The molecule has 0 radical (unpaired) electrons. The average Bonchev–Trinajstić information content (AvgIpc) is 2.60. The molecule has 0 aliphatic carbocycles. The standard InChI is InChI=1S/C15H20FN3O4S/c1-2-24(22,23)15(21)17-11-14(20)19-9-7-18(8-10-19)13-5-3-12(16)4-6-13/h3-6H,2,7-11H2,1H3,(H,17,21). The van der Waals surface area contributed by atoms with Crippen LogP contribution in [-0.2, 0) is 14.6 Å². The van der Waals surface area contributed by atoms with E-state index in [0.29, 0.717) is 26.2 Å². The fraction of sp³-hybridized carbons (Fsp3) is 0.467. The van der Waals surface area contributed by atoms with Crippen molar-refractivity contribution in [1.82, 2.24) is 10.2 Å². The van der Waals surface area contributed by atoms with Crippen molar-refractivity contribution in [2.75, 3.05) is 43.4 Å². The molecule has 9 heteroatoms. The molecule has 0 aromatic heterocycles. The van der Waals surface area contributed by atoms with Gasteiger partial charge in [-0.1, -0.05) is 6.92 Å². The molecule has 1 N–H and O–H groups in total. The Hall–Kier alpha value is -2.16. The third-order valence-electron chi connectivity index (χ3n) is 3.87. The quantitative estimate of drug-likeness (QED) is 0.854. The zero-order chi connectivity index (χ0) is 17.7. The fourth-order valence-electron chi connectivity index (χ4n) is 2.37. The molecular weight excluding hydrogens is 337 g/mol. The number of carbonyl (C=O) groups is 2. The largest absolute Gasteiger partial charge is 0.368 e. The first-order valence-electron chi connectivity index (χ1n) is 7.62. The van der Waals surface area contributed by atoms with Gasteiger partial charge < -0.3 is 15.1 Å². The lowest BCUT2D eigenvalue weighted by Gasteiger charge is -2.36. The number of hydrogen-bond acceptors (Lipinski definition) is 5. The number of anilines is 1. The van der Waals surface area contributed by atoms with Gasteiger partial charge in [-0.05, 0) is 24.3 Å². The molecule has 0 unspecified atom stereocenters. The van der Waals surface area contributed by atoms with E-state index in [1.54, 1.807) is 17.0 Å². The zero-order valence-corrected chi connectivity index (χ0v) is 14.2. The Kier molecular flexibility index (Phi) is 5.76. The summed E-state index contributed by atoms with van der Waals surface area (Å²) in [5.74, 6) is -0.928. The molecule has 2 rings (SSSR count). The second-order valence-electron chi connectivity index (χ2n) is 5.39. The molecule has 1 aliphatic heterocycles. The van der Waals surface area contributed by atoms with Crippen LogP contribution in [0, 0.1) is 5.82 Å². The molecule has 132 valence electrons. The normalized spacial score (nSPS) is 15.2. The predicted molar refractivity (Wildman–Crippen MR) is 88.1 cm³/mol. The number of nitrogens with zero attached hydrogens (tertiary/aromatic N) is 2. The van der Waals surface area contributed by atoms with Crippen LogP contribution in [0.5, 0.6) is 0 Å². The maximum atomic E-state index is 12.9. The summed E-state index contributed by atoms with van der Waals surface area (Å²) < 4.78 is 35.6. The Bertz CT molecular complexity index is 698. The summed E-state index contributed by atoms with van der Waals surface area (Å²) in [5.41, 5.74) is 0.880. The Morgan fingerprint density at radius 1 is 1.12 bits per heavy atom. The molecule has 1 aliphatic rings. The van der Waals surface area contributed by atoms with E-state index >= 15 is 0 Å². The van der Waals surface area contributed by atoms with Crippen LogP contribution in [0.4, 0.5) is 14.9 Å². The highest BCUT2D eigenvalue weighted by Crippen LogP contribution is 2.16. The van der Waals surface area contributed by atoms with Gasteiger partial charge in [0.15, 0.2) is 0 Å². The first-order chi connectivity index (χ1) is 11.3. The van der Waals surface area contributed by atoms with Crippen molar-refractivity contribution < 1.29 is 22.4 Å². The van der Waals surface area contributed by atoms with E-state index in [0.717, 1.165) is 5.69 Å². The van der Waals surface area contributed by atoms with E-state index in [-0.39, 0.29) is 24.0 Å². The van der Waals surface area contributed by atoms with E-state index in [4.69, 9.17) is 0 Å². The van der Waals surface area contributed by atoms with Crippen LogP contribution >= 0.6 is 0 Å². The van der Waals surface area contributed by atoms with Crippen LogP contribution in [-0.4, -0.2) is 62.9 Å². The van der Waals surface area contributed by atoms with E-state index < -0.39 is 15.1 Å². The Labute approximate surface area is 140 Å². The van der Waals surface area contributed by atoms with Gasteiger partial charge in [0.1, 0.15) is 5.82 Å². The van der Waals surface area contributed by atoms with Crippen LogP contribution in [0.1, 0.15) is 6.92 Å². The Morgan fingerprint density at radius 2 is 1.71 bits per heavy atom. The summed E-state index contributed by atoms with van der Waals surface area (Å²) in [4.78, 5) is 27.1. The average molecular weight is 357 g/mol. The van der Waals surface area contributed by atoms with Crippen LogP contribution in [0.3, 0.4) is 0 Å². The van der Waals surface area contributed by atoms with Crippen molar-refractivity contribution in [3.05, 3.63) is 30.1 Å². The van der Waals surface area contributed by atoms with Crippen molar-refractivity contribution in [3.8, 4) is 0 Å². The number of benzene rings is 1. The summed E-state index contributed by atoms with van der Waals surface area (Å²) in [5, 5.41) is 1.02.